The lowest BCUT2D eigenvalue weighted by atomic mass is 10.2. The van der Waals surface area contributed by atoms with Crippen LogP contribution in [-0.2, 0) is 4.79 Å². The third kappa shape index (κ3) is 3.51. The number of Topliss-reactive ketones (excluding diaryl/α,β-unsaturated/α-hetero) is 1. The fourth-order valence-corrected chi connectivity index (χ4v) is 1.21. The predicted octanol–water partition coefficient (Wildman–Crippen LogP) is 3.04. The van der Waals surface area contributed by atoms with Gasteiger partial charge in [-0.1, -0.05) is 18.5 Å². The molecule has 0 bridgehead atoms. The van der Waals surface area contributed by atoms with Gasteiger partial charge in [0.25, 0.3) is 0 Å². The molecule has 0 amide bonds. The van der Waals surface area contributed by atoms with Crippen molar-refractivity contribution in [3.8, 4) is 5.75 Å². The fraction of sp³-hybridized carbons (Fsp3) is 0.364. The molecule has 1 aromatic rings. The summed E-state index contributed by atoms with van der Waals surface area (Å²) < 4.78 is 17.7. The van der Waals surface area contributed by atoms with E-state index in [4.69, 9.17) is 16.3 Å². The topological polar surface area (TPSA) is 26.3 Å². The van der Waals surface area contributed by atoms with Crippen molar-refractivity contribution in [3.05, 3.63) is 29.3 Å². The molecule has 0 saturated carbocycles. The third-order valence-corrected chi connectivity index (χ3v) is 2.19. The van der Waals surface area contributed by atoms with E-state index in [2.05, 4.69) is 0 Å². The smallest absolute Gasteiger partial charge is 0.185 e. The number of ether oxygens (including phenoxy) is 1. The average Bonchev–Trinajstić information content (AvgIpc) is 2.27. The molecule has 0 saturated heterocycles. The summed E-state index contributed by atoms with van der Waals surface area (Å²) in [5.41, 5.74) is 0. The van der Waals surface area contributed by atoms with Crippen molar-refractivity contribution in [1.29, 1.82) is 0 Å². The molecule has 1 rings (SSSR count). The molecule has 1 atom stereocenters. The van der Waals surface area contributed by atoms with Crippen LogP contribution in [0.15, 0.2) is 24.3 Å². The first-order valence-electron chi connectivity index (χ1n) is 4.68. The second-order valence-electron chi connectivity index (χ2n) is 3.03. The second kappa shape index (κ2) is 5.71. The van der Waals surface area contributed by atoms with Crippen molar-refractivity contribution in [2.45, 2.75) is 19.4 Å². The maximum Gasteiger partial charge on any atom is 0.185 e. The molecular weight excluding hydrogens is 219 g/mol. The minimum absolute atomic E-state index is 0.243. The van der Waals surface area contributed by atoms with Gasteiger partial charge in [0.15, 0.2) is 11.9 Å². The lowest BCUT2D eigenvalue weighted by Crippen LogP contribution is -2.28. The number of carbonyl (C=O) groups is 1. The van der Waals surface area contributed by atoms with Gasteiger partial charge in [0.2, 0.25) is 0 Å². The Labute approximate surface area is 93.0 Å². The Kier molecular flexibility index (Phi) is 4.56. The Balaban J connectivity index is 2.66. The highest BCUT2D eigenvalue weighted by Crippen LogP contribution is 2.17. The van der Waals surface area contributed by atoms with Crippen LogP contribution in [0.5, 0.6) is 5.75 Å². The van der Waals surface area contributed by atoms with E-state index in [1.165, 1.54) is 0 Å². The molecule has 2 nitrogen and oxygen atoms in total. The average molecular weight is 231 g/mol. The van der Waals surface area contributed by atoms with Gasteiger partial charge in [-0.05, 0) is 24.3 Å². The van der Waals surface area contributed by atoms with Crippen molar-refractivity contribution in [2.75, 3.05) is 6.67 Å². The molecule has 15 heavy (non-hydrogen) atoms. The Hall–Kier alpha value is -1.09. The predicted molar refractivity (Wildman–Crippen MR) is 57.1 cm³/mol. The summed E-state index contributed by atoms with van der Waals surface area (Å²) in [5.74, 6) is 0.205. The summed E-state index contributed by atoms with van der Waals surface area (Å²) in [6.45, 7) is 0.867. The molecule has 0 heterocycles. The standard InChI is InChI=1S/C11H12ClFO2/c1-2-10(14)11(7-13)15-9-5-3-8(12)4-6-9/h3-6,11H,2,7H2,1H3. The summed E-state index contributed by atoms with van der Waals surface area (Å²) in [5, 5.41) is 0.570. The summed E-state index contributed by atoms with van der Waals surface area (Å²) in [4.78, 5) is 11.2. The van der Waals surface area contributed by atoms with E-state index in [-0.39, 0.29) is 12.2 Å². The number of rotatable bonds is 5. The number of alkyl halides is 1. The van der Waals surface area contributed by atoms with Crippen LogP contribution >= 0.6 is 11.6 Å². The Morgan fingerprint density at radius 2 is 2.07 bits per heavy atom. The lowest BCUT2D eigenvalue weighted by molar-refractivity contribution is -0.126. The van der Waals surface area contributed by atoms with Crippen LogP contribution in [0.3, 0.4) is 0 Å². The van der Waals surface area contributed by atoms with Crippen LogP contribution in [0.1, 0.15) is 13.3 Å². The lowest BCUT2D eigenvalue weighted by Gasteiger charge is -2.13. The minimum Gasteiger partial charge on any atom is -0.480 e. The number of hydrogen-bond donors (Lipinski definition) is 0. The van der Waals surface area contributed by atoms with Crippen molar-refractivity contribution in [2.24, 2.45) is 0 Å². The van der Waals surface area contributed by atoms with E-state index in [0.29, 0.717) is 10.8 Å². The van der Waals surface area contributed by atoms with Gasteiger partial charge in [0, 0.05) is 11.4 Å². The summed E-state index contributed by atoms with van der Waals surface area (Å²) in [6.07, 6.45) is -0.737. The Morgan fingerprint density at radius 3 is 2.53 bits per heavy atom. The normalized spacial score (nSPS) is 12.2. The molecule has 0 radical (unpaired) electrons. The summed E-state index contributed by atoms with van der Waals surface area (Å²) in [7, 11) is 0. The van der Waals surface area contributed by atoms with E-state index < -0.39 is 12.8 Å². The van der Waals surface area contributed by atoms with E-state index in [1.807, 2.05) is 0 Å². The van der Waals surface area contributed by atoms with Crippen LogP contribution < -0.4 is 4.74 Å². The molecule has 1 aromatic carbocycles. The zero-order valence-corrected chi connectivity index (χ0v) is 9.13. The van der Waals surface area contributed by atoms with E-state index in [1.54, 1.807) is 31.2 Å². The fourth-order valence-electron chi connectivity index (χ4n) is 1.09. The first-order chi connectivity index (χ1) is 7.17. The van der Waals surface area contributed by atoms with Crippen molar-refractivity contribution in [3.63, 3.8) is 0 Å². The molecule has 0 N–H and O–H groups in total. The van der Waals surface area contributed by atoms with E-state index in [0.717, 1.165) is 0 Å². The largest absolute Gasteiger partial charge is 0.480 e. The van der Waals surface area contributed by atoms with E-state index in [9.17, 15) is 9.18 Å². The monoisotopic (exact) mass is 230 g/mol. The Morgan fingerprint density at radius 1 is 1.47 bits per heavy atom. The van der Waals surface area contributed by atoms with Crippen LogP contribution in [0.4, 0.5) is 4.39 Å². The van der Waals surface area contributed by atoms with Gasteiger partial charge in [-0.25, -0.2) is 4.39 Å². The molecule has 0 aliphatic rings. The van der Waals surface area contributed by atoms with Crippen LogP contribution in [0.25, 0.3) is 0 Å². The number of hydrogen-bond acceptors (Lipinski definition) is 2. The molecule has 0 aliphatic carbocycles. The molecule has 0 fully saturated rings. The van der Waals surface area contributed by atoms with Gasteiger partial charge in [0.1, 0.15) is 12.4 Å². The molecule has 1 unspecified atom stereocenters. The highest BCUT2D eigenvalue weighted by Gasteiger charge is 2.17. The molecule has 82 valence electrons. The SMILES string of the molecule is CCC(=O)C(CF)Oc1ccc(Cl)cc1. The number of benzene rings is 1. The maximum absolute atomic E-state index is 12.5. The van der Waals surface area contributed by atoms with Crippen LogP contribution in [-0.4, -0.2) is 18.6 Å². The minimum atomic E-state index is -1.00. The molecular formula is C11H12ClFO2. The highest BCUT2D eigenvalue weighted by atomic mass is 35.5. The first-order valence-corrected chi connectivity index (χ1v) is 5.06. The maximum atomic E-state index is 12.5. The van der Waals surface area contributed by atoms with Gasteiger partial charge in [-0.3, -0.25) is 4.79 Å². The van der Waals surface area contributed by atoms with Gasteiger partial charge >= 0.3 is 0 Å². The van der Waals surface area contributed by atoms with Crippen molar-refractivity contribution in [1.82, 2.24) is 0 Å². The zero-order valence-electron chi connectivity index (χ0n) is 8.37. The van der Waals surface area contributed by atoms with Crippen molar-refractivity contribution >= 4 is 17.4 Å². The molecule has 4 heteroatoms. The van der Waals surface area contributed by atoms with Crippen LogP contribution in [0.2, 0.25) is 5.02 Å². The highest BCUT2D eigenvalue weighted by molar-refractivity contribution is 6.30. The van der Waals surface area contributed by atoms with Gasteiger partial charge in [-0.15, -0.1) is 0 Å². The first kappa shape index (κ1) is 12.0. The Bertz CT molecular complexity index is 324. The quantitative estimate of drug-likeness (QED) is 0.777. The van der Waals surface area contributed by atoms with Gasteiger partial charge < -0.3 is 4.74 Å². The third-order valence-electron chi connectivity index (χ3n) is 1.94. The second-order valence-corrected chi connectivity index (χ2v) is 3.47. The summed E-state index contributed by atoms with van der Waals surface area (Å²) in [6, 6.07) is 6.47. The molecule has 0 aromatic heterocycles. The number of ketones is 1. The molecule has 0 spiro atoms. The number of halogens is 2. The van der Waals surface area contributed by atoms with Gasteiger partial charge in [-0.2, -0.15) is 0 Å². The van der Waals surface area contributed by atoms with Crippen molar-refractivity contribution < 1.29 is 13.9 Å². The molecule has 0 aliphatic heterocycles. The summed E-state index contributed by atoms with van der Waals surface area (Å²) >= 11 is 5.68. The van der Waals surface area contributed by atoms with Crippen LogP contribution in [0, 0.1) is 0 Å². The van der Waals surface area contributed by atoms with Gasteiger partial charge in [0.05, 0.1) is 0 Å². The number of carbonyl (C=O) groups excluding carboxylic acids is 1. The van der Waals surface area contributed by atoms with E-state index >= 15 is 0 Å². The zero-order chi connectivity index (χ0) is 11.3.